The van der Waals surface area contributed by atoms with Gasteiger partial charge in [-0.25, -0.2) is 0 Å². The Kier molecular flexibility index (Phi) is 5.70. The summed E-state index contributed by atoms with van der Waals surface area (Å²) in [5, 5.41) is 0.369. The molecule has 0 aliphatic heterocycles. The molecule has 2 nitrogen and oxygen atoms in total. The molecule has 0 saturated heterocycles. The molecule has 0 fully saturated rings. The largest absolute Gasteiger partial charge is 0.543 e. The van der Waals surface area contributed by atoms with Crippen LogP contribution in [-0.2, 0) is 8.85 Å². The molecule has 0 heterocycles. The van der Waals surface area contributed by atoms with Crippen LogP contribution >= 0.6 is 0 Å². The lowest BCUT2D eigenvalue weighted by Gasteiger charge is -2.40. The second-order valence-corrected chi connectivity index (χ2v) is 19.9. The molecular weight excluding hydrogens is 328 g/mol. The summed E-state index contributed by atoms with van der Waals surface area (Å²) in [6, 6.07) is 0. The maximum atomic E-state index is 6.76. The molecule has 24 heavy (non-hydrogen) atoms. The van der Waals surface area contributed by atoms with Crippen LogP contribution in [0.1, 0.15) is 62.3 Å². The van der Waals surface area contributed by atoms with Crippen molar-refractivity contribution in [2.75, 3.05) is 0 Å². The van der Waals surface area contributed by atoms with E-state index in [1.807, 2.05) is 0 Å². The molecular formula is C20H40O2Si2. The molecule has 0 aromatic carbocycles. The maximum Gasteiger partial charge on any atom is 0.250 e. The zero-order chi connectivity index (χ0) is 19.3. The first kappa shape index (κ1) is 21.6. The highest BCUT2D eigenvalue weighted by Gasteiger charge is 2.45. The predicted molar refractivity (Wildman–Crippen MR) is 111 cm³/mol. The van der Waals surface area contributed by atoms with Gasteiger partial charge in [-0.05, 0) is 55.7 Å². The van der Waals surface area contributed by atoms with Crippen LogP contribution in [0.3, 0.4) is 0 Å². The molecule has 1 unspecified atom stereocenters. The van der Waals surface area contributed by atoms with Crippen molar-refractivity contribution in [2.45, 2.75) is 98.6 Å². The van der Waals surface area contributed by atoms with Gasteiger partial charge in [0.05, 0.1) is 0 Å². The fraction of sp³-hybridized carbons (Fsp3) is 0.800. The number of rotatable bonds is 4. The van der Waals surface area contributed by atoms with Gasteiger partial charge in [-0.15, -0.1) is 0 Å². The molecule has 0 N–H and O–H groups in total. The van der Waals surface area contributed by atoms with E-state index in [-0.39, 0.29) is 10.1 Å². The van der Waals surface area contributed by atoms with E-state index < -0.39 is 16.6 Å². The second kappa shape index (κ2) is 6.35. The van der Waals surface area contributed by atoms with Gasteiger partial charge in [0, 0.05) is 5.92 Å². The molecule has 1 aliphatic rings. The first-order valence-corrected chi connectivity index (χ1v) is 15.0. The standard InChI is InChI=1S/C20H40O2Si2/c1-14-15(2)17(21-23(10,11)19(4,5)6)18(16(14)3)22-24(12,13)20(7,8)9/h15H,1-13H3. The lowest BCUT2D eigenvalue weighted by atomic mass is 10.0. The molecule has 0 radical (unpaired) electrons. The highest BCUT2D eigenvalue weighted by molar-refractivity contribution is 6.75. The van der Waals surface area contributed by atoms with Crippen molar-refractivity contribution in [3.63, 3.8) is 0 Å². The minimum absolute atomic E-state index is 0.183. The van der Waals surface area contributed by atoms with Gasteiger partial charge in [0.15, 0.2) is 0 Å². The van der Waals surface area contributed by atoms with E-state index in [0.717, 1.165) is 11.5 Å². The van der Waals surface area contributed by atoms with Crippen LogP contribution in [0.5, 0.6) is 0 Å². The van der Waals surface area contributed by atoms with Crippen molar-refractivity contribution in [3.8, 4) is 0 Å². The first-order valence-electron chi connectivity index (χ1n) is 9.22. The Hall–Kier alpha value is -0.486. The van der Waals surface area contributed by atoms with Crippen LogP contribution in [0.4, 0.5) is 0 Å². The normalized spacial score (nSPS) is 20.8. The maximum absolute atomic E-state index is 6.76. The fourth-order valence-corrected chi connectivity index (χ4v) is 4.38. The van der Waals surface area contributed by atoms with E-state index in [2.05, 4.69) is 88.5 Å². The van der Waals surface area contributed by atoms with Crippen molar-refractivity contribution in [2.24, 2.45) is 5.92 Å². The van der Waals surface area contributed by atoms with E-state index in [1.165, 1.54) is 11.1 Å². The molecule has 1 aliphatic carbocycles. The summed E-state index contributed by atoms with van der Waals surface area (Å²) in [6.07, 6.45) is 0. The summed E-state index contributed by atoms with van der Waals surface area (Å²) in [5.41, 5.74) is 2.67. The molecule has 0 saturated carbocycles. The predicted octanol–water partition coefficient (Wildman–Crippen LogP) is 7.23. The molecule has 0 bridgehead atoms. The monoisotopic (exact) mass is 368 g/mol. The Bertz CT molecular complexity index is 555. The Morgan fingerprint density at radius 1 is 0.750 bits per heavy atom. The number of allylic oxidation sites excluding steroid dienone is 2. The van der Waals surface area contributed by atoms with E-state index in [4.69, 9.17) is 8.85 Å². The van der Waals surface area contributed by atoms with Gasteiger partial charge < -0.3 is 8.85 Å². The first-order chi connectivity index (χ1) is 10.4. The Morgan fingerprint density at radius 3 is 1.50 bits per heavy atom. The zero-order valence-corrected chi connectivity index (χ0v) is 20.4. The summed E-state index contributed by atoms with van der Waals surface area (Å²) in [7, 11) is -3.77. The summed E-state index contributed by atoms with van der Waals surface area (Å²) in [6.45, 7) is 29.7. The van der Waals surface area contributed by atoms with Gasteiger partial charge in [-0.1, -0.05) is 54.0 Å². The van der Waals surface area contributed by atoms with Crippen LogP contribution < -0.4 is 0 Å². The zero-order valence-electron chi connectivity index (χ0n) is 18.4. The van der Waals surface area contributed by atoms with E-state index in [0.29, 0.717) is 5.92 Å². The summed E-state index contributed by atoms with van der Waals surface area (Å²) < 4.78 is 13.5. The van der Waals surface area contributed by atoms with Crippen molar-refractivity contribution >= 4 is 16.6 Å². The molecule has 1 rings (SSSR count). The molecule has 0 aromatic rings. The summed E-state index contributed by atoms with van der Waals surface area (Å²) in [4.78, 5) is 0. The number of hydrogen-bond acceptors (Lipinski definition) is 2. The van der Waals surface area contributed by atoms with Crippen LogP contribution in [0.2, 0.25) is 36.3 Å². The Labute approximate surface area is 153 Å². The van der Waals surface area contributed by atoms with Crippen molar-refractivity contribution < 1.29 is 8.85 Å². The van der Waals surface area contributed by atoms with E-state index in [9.17, 15) is 0 Å². The molecule has 0 aromatic heterocycles. The lowest BCUT2D eigenvalue weighted by Crippen LogP contribution is -2.43. The topological polar surface area (TPSA) is 18.5 Å². The van der Waals surface area contributed by atoms with E-state index in [1.54, 1.807) is 0 Å². The van der Waals surface area contributed by atoms with Gasteiger partial charge in [-0.3, -0.25) is 0 Å². The third-order valence-corrected chi connectivity index (χ3v) is 15.2. The SMILES string of the molecule is CC1=C(C)C(C)C(O[Si](C)(C)C(C)(C)C)=C1O[Si](C)(C)C(C)(C)C. The highest BCUT2D eigenvalue weighted by atomic mass is 28.4. The van der Waals surface area contributed by atoms with Crippen molar-refractivity contribution in [1.82, 2.24) is 0 Å². The smallest absolute Gasteiger partial charge is 0.250 e. The van der Waals surface area contributed by atoms with Crippen LogP contribution in [-0.4, -0.2) is 16.6 Å². The third-order valence-electron chi connectivity index (χ3n) is 6.53. The second-order valence-electron chi connectivity index (χ2n) is 10.4. The van der Waals surface area contributed by atoms with Crippen LogP contribution in [0, 0.1) is 5.92 Å². The van der Waals surface area contributed by atoms with Gasteiger partial charge in [0.2, 0.25) is 8.32 Å². The molecule has 4 heteroatoms. The molecule has 140 valence electrons. The Balaban J connectivity index is 3.34. The average molecular weight is 369 g/mol. The van der Waals surface area contributed by atoms with Crippen LogP contribution in [0.15, 0.2) is 22.7 Å². The quantitative estimate of drug-likeness (QED) is 0.487. The lowest BCUT2D eigenvalue weighted by molar-refractivity contribution is 0.303. The minimum atomic E-state index is -1.89. The molecule has 1 atom stereocenters. The van der Waals surface area contributed by atoms with E-state index >= 15 is 0 Å². The summed E-state index contributed by atoms with van der Waals surface area (Å²) >= 11 is 0. The Morgan fingerprint density at radius 2 is 1.12 bits per heavy atom. The molecule has 0 spiro atoms. The number of hydrogen-bond donors (Lipinski definition) is 0. The van der Waals surface area contributed by atoms with Crippen molar-refractivity contribution in [3.05, 3.63) is 22.7 Å². The average Bonchev–Trinajstić information content (AvgIpc) is 2.53. The van der Waals surface area contributed by atoms with Crippen LogP contribution in [0.25, 0.3) is 0 Å². The van der Waals surface area contributed by atoms with Gasteiger partial charge in [0.1, 0.15) is 11.5 Å². The third kappa shape index (κ3) is 4.01. The van der Waals surface area contributed by atoms with Gasteiger partial charge >= 0.3 is 0 Å². The van der Waals surface area contributed by atoms with Gasteiger partial charge in [0.25, 0.3) is 8.32 Å². The highest BCUT2D eigenvalue weighted by Crippen LogP contribution is 2.47. The van der Waals surface area contributed by atoms with Crippen molar-refractivity contribution in [1.29, 1.82) is 0 Å². The molecule has 0 amide bonds. The van der Waals surface area contributed by atoms with Gasteiger partial charge in [-0.2, -0.15) is 0 Å². The fourth-order valence-electron chi connectivity index (χ4n) is 2.18. The minimum Gasteiger partial charge on any atom is -0.543 e. The summed E-state index contributed by atoms with van der Waals surface area (Å²) in [5.74, 6) is 2.44.